The molecule has 0 bridgehead atoms. The van der Waals surface area contributed by atoms with Gasteiger partial charge < -0.3 is 14.8 Å². The summed E-state index contributed by atoms with van der Waals surface area (Å²) >= 11 is 5.93. The molecule has 7 heteroatoms. The molecular weight excluding hydrogens is 619 g/mol. The van der Waals surface area contributed by atoms with Crippen molar-refractivity contribution in [2.24, 2.45) is 0 Å². The quantitative estimate of drug-likeness (QED) is 0.223. The average Bonchev–Trinajstić information content (AvgIpc) is 2.89. The third-order valence-corrected chi connectivity index (χ3v) is 7.22. The van der Waals surface area contributed by atoms with Gasteiger partial charge in [-0.05, 0) is 76.7 Å². The van der Waals surface area contributed by atoms with E-state index in [2.05, 4.69) is 43.8 Å². The number of hydrogen-bond donors (Lipinski definition) is 1. The number of ether oxygens (including phenoxy) is 2. The number of anilines is 2. The maximum Gasteiger partial charge on any atom is 0.262 e. The number of hydrogen-bond acceptors (Lipinski definition) is 4. The molecule has 176 valence electrons. The zero-order valence-corrected chi connectivity index (χ0v) is 22.6. The van der Waals surface area contributed by atoms with Crippen LogP contribution in [0.3, 0.4) is 0 Å². The van der Waals surface area contributed by atoms with E-state index in [0.29, 0.717) is 17.9 Å². The molecule has 35 heavy (non-hydrogen) atoms. The minimum Gasteiger partial charge on any atom is -0.497 e. The lowest BCUT2D eigenvalue weighted by Crippen LogP contribution is -2.43. The number of methoxy groups -OCH3 is 1. The van der Waals surface area contributed by atoms with Crippen LogP contribution in [0, 0.1) is 3.57 Å². The van der Waals surface area contributed by atoms with Crippen LogP contribution >= 0.6 is 38.5 Å². The maximum absolute atomic E-state index is 13.9. The normalized spacial score (nSPS) is 14.8. The Morgan fingerprint density at radius 3 is 2.57 bits per heavy atom. The lowest BCUT2D eigenvalue weighted by Gasteiger charge is -2.38. The van der Waals surface area contributed by atoms with Crippen LogP contribution in [0.5, 0.6) is 11.5 Å². The standard InChI is InChI=1S/C28H22BrIN2O3/c1-34-21-9-5-8-20(15-21)32-27(31-26-13-10-19(30)14-24(26)28(32)33)23-16-22(11-12-25(23)29)35-17-18-6-3-2-4-7-18/h2-16,27,31H,17H2,1H3. The largest absolute Gasteiger partial charge is 0.497 e. The second-order valence-corrected chi connectivity index (χ2v) is 10.2. The van der Waals surface area contributed by atoms with E-state index in [1.54, 1.807) is 12.0 Å². The lowest BCUT2D eigenvalue weighted by atomic mass is 10.0. The summed E-state index contributed by atoms with van der Waals surface area (Å²) in [4.78, 5) is 15.6. The van der Waals surface area contributed by atoms with Crippen molar-refractivity contribution in [1.29, 1.82) is 0 Å². The predicted molar refractivity (Wildman–Crippen MR) is 150 cm³/mol. The number of rotatable bonds is 6. The van der Waals surface area contributed by atoms with Gasteiger partial charge in [0, 0.05) is 25.4 Å². The zero-order valence-electron chi connectivity index (χ0n) is 18.9. The number of carbonyl (C=O) groups is 1. The summed E-state index contributed by atoms with van der Waals surface area (Å²) in [5.41, 5.74) is 4.13. The average molecular weight is 641 g/mol. The van der Waals surface area contributed by atoms with Crippen molar-refractivity contribution in [2.45, 2.75) is 12.8 Å². The number of amides is 1. The molecule has 0 spiro atoms. The molecule has 1 unspecified atom stereocenters. The molecule has 1 N–H and O–H groups in total. The minimum atomic E-state index is -0.461. The number of nitrogens with zero attached hydrogens (tertiary/aromatic N) is 1. The topological polar surface area (TPSA) is 50.8 Å². The van der Waals surface area contributed by atoms with Crippen LogP contribution in [0.2, 0.25) is 0 Å². The van der Waals surface area contributed by atoms with Gasteiger partial charge in [0.15, 0.2) is 0 Å². The fourth-order valence-corrected chi connectivity index (χ4v) is 5.04. The highest BCUT2D eigenvalue weighted by molar-refractivity contribution is 14.1. The van der Waals surface area contributed by atoms with Crippen molar-refractivity contribution in [3.05, 3.63) is 116 Å². The zero-order chi connectivity index (χ0) is 24.4. The number of fused-ring (bicyclic) bond motifs is 1. The number of halogens is 2. The summed E-state index contributed by atoms with van der Waals surface area (Å²) in [5.74, 6) is 1.32. The Balaban J connectivity index is 1.56. The second-order valence-electron chi connectivity index (χ2n) is 8.07. The first-order valence-electron chi connectivity index (χ1n) is 11.0. The van der Waals surface area contributed by atoms with Crippen molar-refractivity contribution >= 4 is 55.8 Å². The van der Waals surface area contributed by atoms with Gasteiger partial charge in [0.1, 0.15) is 24.3 Å². The highest BCUT2D eigenvalue weighted by Crippen LogP contribution is 2.41. The van der Waals surface area contributed by atoms with Gasteiger partial charge in [-0.15, -0.1) is 0 Å². The van der Waals surface area contributed by atoms with Crippen molar-refractivity contribution < 1.29 is 14.3 Å². The number of carbonyl (C=O) groups excluding carboxylic acids is 1. The highest BCUT2D eigenvalue weighted by atomic mass is 127. The van der Waals surface area contributed by atoms with Crippen LogP contribution in [-0.2, 0) is 6.61 Å². The maximum atomic E-state index is 13.9. The molecule has 5 nitrogen and oxygen atoms in total. The van der Waals surface area contributed by atoms with Gasteiger partial charge in [-0.25, -0.2) is 0 Å². The van der Waals surface area contributed by atoms with E-state index in [0.717, 1.165) is 36.3 Å². The molecule has 4 aromatic rings. The summed E-state index contributed by atoms with van der Waals surface area (Å²) < 4.78 is 13.4. The van der Waals surface area contributed by atoms with Gasteiger partial charge in [-0.2, -0.15) is 0 Å². The number of benzene rings is 4. The molecule has 1 aliphatic rings. The van der Waals surface area contributed by atoms with E-state index >= 15 is 0 Å². The molecule has 0 saturated heterocycles. The van der Waals surface area contributed by atoms with Crippen molar-refractivity contribution in [1.82, 2.24) is 0 Å². The van der Waals surface area contributed by atoms with Crippen LogP contribution in [0.25, 0.3) is 0 Å². The Hall–Kier alpha value is -3.04. The Bertz CT molecular complexity index is 1380. The van der Waals surface area contributed by atoms with Gasteiger partial charge in [-0.3, -0.25) is 9.69 Å². The fraction of sp³-hybridized carbons (Fsp3) is 0.107. The SMILES string of the molecule is COc1cccc(N2C(=O)c3cc(I)ccc3NC2c2cc(OCc3ccccc3)ccc2Br)c1. The molecule has 1 amide bonds. The van der Waals surface area contributed by atoms with Crippen molar-refractivity contribution in [3.8, 4) is 11.5 Å². The van der Waals surface area contributed by atoms with Gasteiger partial charge >= 0.3 is 0 Å². The van der Waals surface area contributed by atoms with E-state index in [1.807, 2.05) is 91.0 Å². The Labute approximate surface area is 226 Å². The molecule has 0 aromatic heterocycles. The molecular formula is C28H22BrIN2O3. The van der Waals surface area contributed by atoms with Crippen LogP contribution in [0.1, 0.15) is 27.7 Å². The fourth-order valence-electron chi connectivity index (χ4n) is 4.08. The Kier molecular flexibility index (Phi) is 6.97. The minimum absolute atomic E-state index is 0.0852. The van der Waals surface area contributed by atoms with Crippen LogP contribution < -0.4 is 19.7 Å². The monoisotopic (exact) mass is 640 g/mol. The summed E-state index contributed by atoms with van der Waals surface area (Å²) in [7, 11) is 1.62. The molecule has 5 rings (SSSR count). The van der Waals surface area contributed by atoms with E-state index in [9.17, 15) is 4.79 Å². The third kappa shape index (κ3) is 5.01. The Morgan fingerprint density at radius 1 is 0.943 bits per heavy atom. The second kappa shape index (κ2) is 10.3. The van der Waals surface area contributed by atoms with E-state index < -0.39 is 6.17 Å². The van der Waals surface area contributed by atoms with Gasteiger partial charge in [0.05, 0.1) is 18.4 Å². The highest BCUT2D eigenvalue weighted by Gasteiger charge is 2.35. The van der Waals surface area contributed by atoms with Gasteiger partial charge in [0.2, 0.25) is 0 Å². The summed E-state index contributed by atoms with van der Waals surface area (Å²) in [6.07, 6.45) is -0.461. The first-order chi connectivity index (χ1) is 17.0. The third-order valence-electron chi connectivity index (χ3n) is 5.82. The Morgan fingerprint density at radius 2 is 1.77 bits per heavy atom. The molecule has 4 aromatic carbocycles. The van der Waals surface area contributed by atoms with E-state index in [-0.39, 0.29) is 5.91 Å². The molecule has 1 atom stereocenters. The molecule has 1 aliphatic heterocycles. The predicted octanol–water partition coefficient (Wildman–Crippen LogP) is 7.41. The smallest absolute Gasteiger partial charge is 0.262 e. The molecule has 0 aliphatic carbocycles. The van der Waals surface area contributed by atoms with Crippen molar-refractivity contribution in [2.75, 3.05) is 17.3 Å². The van der Waals surface area contributed by atoms with Crippen LogP contribution in [0.15, 0.2) is 95.5 Å². The van der Waals surface area contributed by atoms with E-state index in [1.165, 1.54) is 0 Å². The molecule has 0 radical (unpaired) electrons. The summed E-state index contributed by atoms with van der Waals surface area (Å²) in [6, 6.07) is 29.3. The summed E-state index contributed by atoms with van der Waals surface area (Å²) in [5, 5.41) is 3.57. The first kappa shape index (κ1) is 23.7. The lowest BCUT2D eigenvalue weighted by molar-refractivity contribution is 0.0974. The van der Waals surface area contributed by atoms with Crippen LogP contribution in [-0.4, -0.2) is 13.0 Å². The van der Waals surface area contributed by atoms with Crippen LogP contribution in [0.4, 0.5) is 11.4 Å². The number of nitrogens with one attached hydrogen (secondary N) is 1. The van der Waals surface area contributed by atoms with E-state index in [4.69, 9.17) is 9.47 Å². The molecule has 1 heterocycles. The first-order valence-corrected chi connectivity index (χ1v) is 12.9. The van der Waals surface area contributed by atoms with Crippen molar-refractivity contribution in [3.63, 3.8) is 0 Å². The van der Waals surface area contributed by atoms with Gasteiger partial charge in [-0.1, -0.05) is 52.3 Å². The molecule has 0 saturated carbocycles. The molecule has 0 fully saturated rings. The summed E-state index contributed by atoms with van der Waals surface area (Å²) in [6.45, 7) is 0.458. The van der Waals surface area contributed by atoms with Gasteiger partial charge in [0.25, 0.3) is 5.91 Å².